The van der Waals surface area contributed by atoms with E-state index in [-0.39, 0.29) is 5.56 Å². The van der Waals surface area contributed by atoms with Crippen LogP contribution in [0.25, 0.3) is 10.9 Å². The molecule has 21 heavy (non-hydrogen) atoms. The molecule has 3 aromatic rings. The summed E-state index contributed by atoms with van der Waals surface area (Å²) in [4.78, 5) is 20.8. The fraction of sp³-hybridized carbons (Fsp3) is 0.133. The van der Waals surface area contributed by atoms with Crippen LogP contribution in [0.2, 0.25) is 0 Å². The quantitative estimate of drug-likeness (QED) is 0.455. The minimum absolute atomic E-state index is 0.225. The van der Waals surface area contributed by atoms with Gasteiger partial charge in [-0.1, -0.05) is 29.5 Å². The minimum Gasteiger partial charge on any atom is -0.334 e. The van der Waals surface area contributed by atoms with Gasteiger partial charge in [0.25, 0.3) is 5.56 Å². The Balaban J connectivity index is 1.98. The third-order valence-corrected chi connectivity index (χ3v) is 4.14. The zero-order valence-corrected chi connectivity index (χ0v) is 12.3. The lowest BCUT2D eigenvalue weighted by molar-refractivity contribution is 0.779. The van der Waals surface area contributed by atoms with E-state index in [4.69, 9.17) is 5.84 Å². The van der Waals surface area contributed by atoms with Crippen LogP contribution in [0.1, 0.15) is 11.1 Å². The summed E-state index contributed by atoms with van der Waals surface area (Å²) in [7, 11) is 0. The molecule has 2 heterocycles. The zero-order chi connectivity index (χ0) is 14.8. The van der Waals surface area contributed by atoms with E-state index in [2.05, 4.69) is 9.97 Å². The predicted octanol–water partition coefficient (Wildman–Crippen LogP) is 2.11. The van der Waals surface area contributed by atoms with Crippen molar-refractivity contribution in [3.63, 3.8) is 0 Å². The van der Waals surface area contributed by atoms with Crippen molar-refractivity contribution in [3.05, 3.63) is 64.2 Å². The minimum atomic E-state index is -0.225. The summed E-state index contributed by atoms with van der Waals surface area (Å²) in [5.41, 5.74) is 2.51. The second kappa shape index (κ2) is 5.57. The first-order valence-corrected chi connectivity index (χ1v) is 7.44. The maximum Gasteiger partial charge on any atom is 0.280 e. The van der Waals surface area contributed by atoms with Crippen LogP contribution >= 0.6 is 11.8 Å². The van der Waals surface area contributed by atoms with E-state index in [0.717, 1.165) is 15.8 Å². The molecule has 6 heteroatoms. The lowest BCUT2D eigenvalue weighted by atomic mass is 10.2. The first-order chi connectivity index (χ1) is 10.1. The number of nitrogens with two attached hydrogens (primary N) is 1. The van der Waals surface area contributed by atoms with Gasteiger partial charge < -0.3 is 5.84 Å². The van der Waals surface area contributed by atoms with E-state index in [0.29, 0.717) is 21.8 Å². The molecule has 0 unspecified atom stereocenters. The zero-order valence-electron chi connectivity index (χ0n) is 11.5. The lowest BCUT2D eigenvalue weighted by Crippen LogP contribution is -2.29. The van der Waals surface area contributed by atoms with Gasteiger partial charge in [-0.25, -0.2) is 9.66 Å². The van der Waals surface area contributed by atoms with Crippen molar-refractivity contribution < 1.29 is 0 Å². The van der Waals surface area contributed by atoms with Crippen molar-refractivity contribution in [3.8, 4) is 0 Å². The Hall–Kier alpha value is -2.34. The van der Waals surface area contributed by atoms with Gasteiger partial charge >= 0.3 is 0 Å². The molecule has 0 radical (unpaired) electrons. The molecule has 2 aromatic heterocycles. The van der Waals surface area contributed by atoms with Gasteiger partial charge in [0.2, 0.25) is 0 Å². The van der Waals surface area contributed by atoms with E-state index < -0.39 is 0 Å². The SMILES string of the molecule is Cc1ccc2nc(SCc3cccnc3)n(N)c(=O)c2c1. The average Bonchev–Trinajstić information content (AvgIpc) is 2.51. The lowest BCUT2D eigenvalue weighted by Gasteiger charge is -2.08. The summed E-state index contributed by atoms with van der Waals surface area (Å²) in [6.07, 6.45) is 3.51. The predicted molar refractivity (Wildman–Crippen MR) is 84.7 cm³/mol. The van der Waals surface area contributed by atoms with Crippen LogP contribution in [0, 0.1) is 6.92 Å². The highest BCUT2D eigenvalue weighted by molar-refractivity contribution is 7.98. The number of hydrogen-bond acceptors (Lipinski definition) is 5. The van der Waals surface area contributed by atoms with Crippen molar-refractivity contribution in [2.24, 2.45) is 0 Å². The summed E-state index contributed by atoms with van der Waals surface area (Å²) in [5.74, 6) is 6.53. The van der Waals surface area contributed by atoms with Crippen molar-refractivity contribution in [1.29, 1.82) is 0 Å². The maximum atomic E-state index is 12.3. The number of benzene rings is 1. The molecule has 5 nitrogen and oxygen atoms in total. The number of hydrogen-bond donors (Lipinski definition) is 1. The summed E-state index contributed by atoms with van der Waals surface area (Å²) in [6.45, 7) is 1.94. The second-order valence-electron chi connectivity index (χ2n) is 4.74. The van der Waals surface area contributed by atoms with Crippen LogP contribution in [0.5, 0.6) is 0 Å². The van der Waals surface area contributed by atoms with Gasteiger partial charge in [-0.3, -0.25) is 9.78 Å². The van der Waals surface area contributed by atoms with Gasteiger partial charge in [-0.15, -0.1) is 0 Å². The van der Waals surface area contributed by atoms with Gasteiger partial charge in [0.15, 0.2) is 5.16 Å². The number of nitrogen functional groups attached to an aromatic ring is 1. The molecule has 0 saturated heterocycles. The van der Waals surface area contributed by atoms with Crippen LogP contribution in [0.15, 0.2) is 52.7 Å². The van der Waals surface area contributed by atoms with E-state index in [1.807, 2.05) is 37.3 Å². The molecule has 0 bridgehead atoms. The molecule has 3 rings (SSSR count). The molecular formula is C15H14N4OS. The van der Waals surface area contributed by atoms with Gasteiger partial charge in [-0.05, 0) is 30.7 Å². The molecule has 0 saturated carbocycles. The van der Waals surface area contributed by atoms with Gasteiger partial charge in [0, 0.05) is 18.1 Å². The Morgan fingerprint density at radius 1 is 1.33 bits per heavy atom. The van der Waals surface area contributed by atoms with Crippen molar-refractivity contribution in [2.75, 3.05) is 5.84 Å². The van der Waals surface area contributed by atoms with Crippen LogP contribution in [0.4, 0.5) is 0 Å². The maximum absolute atomic E-state index is 12.3. The standard InChI is InChI=1S/C15H14N4OS/c1-10-4-5-13-12(7-10)14(20)19(16)15(18-13)21-9-11-3-2-6-17-8-11/h2-8H,9,16H2,1H3. The average molecular weight is 298 g/mol. The Morgan fingerprint density at radius 2 is 2.19 bits per heavy atom. The van der Waals surface area contributed by atoms with Crippen LogP contribution in [-0.2, 0) is 5.75 Å². The number of aromatic nitrogens is 3. The van der Waals surface area contributed by atoms with Crippen LogP contribution in [-0.4, -0.2) is 14.6 Å². The number of aryl methyl sites for hydroxylation is 1. The van der Waals surface area contributed by atoms with Crippen LogP contribution < -0.4 is 11.4 Å². The molecule has 0 atom stereocenters. The van der Waals surface area contributed by atoms with Crippen molar-refractivity contribution in [2.45, 2.75) is 17.8 Å². The molecule has 0 aliphatic heterocycles. The third-order valence-electron chi connectivity index (χ3n) is 3.11. The van der Waals surface area contributed by atoms with Crippen molar-refractivity contribution >= 4 is 22.7 Å². The highest BCUT2D eigenvalue weighted by Crippen LogP contribution is 2.20. The highest BCUT2D eigenvalue weighted by atomic mass is 32.2. The molecule has 1 aromatic carbocycles. The molecule has 106 valence electrons. The topological polar surface area (TPSA) is 73.8 Å². The Labute approximate surface area is 125 Å². The van der Waals surface area contributed by atoms with Crippen molar-refractivity contribution in [1.82, 2.24) is 14.6 Å². The number of fused-ring (bicyclic) bond motifs is 1. The normalized spacial score (nSPS) is 10.9. The fourth-order valence-corrected chi connectivity index (χ4v) is 2.88. The number of nitrogens with zero attached hydrogens (tertiary/aromatic N) is 3. The summed E-state index contributed by atoms with van der Waals surface area (Å²) in [5, 5.41) is 1.04. The Morgan fingerprint density at radius 3 is 2.95 bits per heavy atom. The molecule has 2 N–H and O–H groups in total. The largest absolute Gasteiger partial charge is 0.334 e. The number of thioether (sulfide) groups is 1. The van der Waals surface area contributed by atoms with Gasteiger partial charge in [0.1, 0.15) is 0 Å². The second-order valence-corrected chi connectivity index (χ2v) is 5.68. The summed E-state index contributed by atoms with van der Waals surface area (Å²) < 4.78 is 1.11. The number of rotatable bonds is 3. The molecule has 0 fully saturated rings. The number of pyridine rings is 1. The van der Waals surface area contributed by atoms with E-state index in [1.54, 1.807) is 12.4 Å². The first kappa shape index (κ1) is 13.6. The van der Waals surface area contributed by atoms with E-state index in [9.17, 15) is 4.79 Å². The van der Waals surface area contributed by atoms with Gasteiger partial charge in [0.05, 0.1) is 10.9 Å². The van der Waals surface area contributed by atoms with E-state index in [1.165, 1.54) is 11.8 Å². The smallest absolute Gasteiger partial charge is 0.280 e. The molecule has 0 aliphatic rings. The Kier molecular flexibility index (Phi) is 3.62. The third kappa shape index (κ3) is 2.75. The van der Waals surface area contributed by atoms with E-state index >= 15 is 0 Å². The fourth-order valence-electron chi connectivity index (χ4n) is 2.03. The Bertz CT molecular complexity index is 845. The molecular weight excluding hydrogens is 284 g/mol. The first-order valence-electron chi connectivity index (χ1n) is 6.45. The molecule has 0 aliphatic carbocycles. The summed E-state index contributed by atoms with van der Waals surface area (Å²) >= 11 is 1.42. The van der Waals surface area contributed by atoms with Gasteiger partial charge in [-0.2, -0.15) is 0 Å². The molecule has 0 amide bonds. The highest BCUT2D eigenvalue weighted by Gasteiger charge is 2.09. The monoisotopic (exact) mass is 298 g/mol. The summed E-state index contributed by atoms with van der Waals surface area (Å²) in [6, 6.07) is 9.44. The molecule has 0 spiro atoms. The van der Waals surface area contributed by atoms with Crippen LogP contribution in [0.3, 0.4) is 0 Å².